The highest BCUT2D eigenvalue weighted by Gasteiger charge is 2.55. The Morgan fingerprint density at radius 3 is 2.00 bits per heavy atom. The lowest BCUT2D eigenvalue weighted by Crippen LogP contribution is -2.51. The van der Waals surface area contributed by atoms with Crippen molar-refractivity contribution in [2.45, 2.75) is 69.9 Å². The van der Waals surface area contributed by atoms with Crippen LogP contribution in [0.1, 0.15) is 57.8 Å². The molecule has 150 valence electrons. The average Bonchev–Trinajstić information content (AvgIpc) is 3.35. The number of ether oxygens (including phenoxy) is 1. The van der Waals surface area contributed by atoms with Crippen molar-refractivity contribution in [3.05, 3.63) is 0 Å². The van der Waals surface area contributed by atoms with E-state index in [4.69, 9.17) is 4.74 Å². The van der Waals surface area contributed by atoms with E-state index in [9.17, 15) is 18.0 Å². The second kappa shape index (κ2) is 6.19. The summed E-state index contributed by atoms with van der Waals surface area (Å²) < 4.78 is 29.2. The first kappa shape index (κ1) is 18.0. The van der Waals surface area contributed by atoms with Crippen LogP contribution in [-0.2, 0) is 24.2 Å². The molecule has 5 aliphatic carbocycles. The van der Waals surface area contributed by atoms with Crippen LogP contribution >= 0.6 is 0 Å². The molecule has 0 N–H and O–H groups in total. The summed E-state index contributed by atoms with van der Waals surface area (Å²) in [6.45, 7) is -0.229. The van der Waals surface area contributed by atoms with Crippen molar-refractivity contribution in [2.24, 2.45) is 23.2 Å². The lowest BCUT2D eigenvalue weighted by atomic mass is 9.49. The van der Waals surface area contributed by atoms with E-state index in [-0.39, 0.29) is 47.5 Å². The molecular weight excluding hydrogens is 366 g/mol. The Balaban J connectivity index is 1.23. The smallest absolute Gasteiger partial charge is 0.312 e. The van der Waals surface area contributed by atoms with Gasteiger partial charge in [-0.2, -0.15) is 0 Å². The summed E-state index contributed by atoms with van der Waals surface area (Å²) in [5, 5.41) is 0. The molecule has 6 fully saturated rings. The molecule has 1 amide bonds. The Labute approximate surface area is 160 Å². The number of hydrogen-bond donors (Lipinski definition) is 0. The van der Waals surface area contributed by atoms with Crippen molar-refractivity contribution in [2.75, 3.05) is 18.1 Å². The Hall–Kier alpha value is -1.11. The van der Waals surface area contributed by atoms with E-state index in [1.807, 2.05) is 0 Å². The van der Waals surface area contributed by atoms with E-state index in [2.05, 4.69) is 0 Å². The molecular formula is C20H29NO5S. The number of esters is 1. The molecule has 1 aliphatic heterocycles. The van der Waals surface area contributed by atoms with Crippen LogP contribution in [0.4, 0.5) is 0 Å². The van der Waals surface area contributed by atoms with Crippen molar-refractivity contribution < 1.29 is 22.7 Å². The predicted octanol–water partition coefficient (Wildman–Crippen LogP) is 1.92. The molecule has 27 heavy (non-hydrogen) atoms. The number of nitrogens with zero attached hydrogens (tertiary/aromatic N) is 1. The summed E-state index contributed by atoms with van der Waals surface area (Å²) in [7, 11) is -3.04. The van der Waals surface area contributed by atoms with Gasteiger partial charge in [0, 0.05) is 12.1 Å². The Morgan fingerprint density at radius 2 is 1.52 bits per heavy atom. The molecule has 6 rings (SSSR count). The van der Waals surface area contributed by atoms with Gasteiger partial charge in [-0.05, 0) is 75.5 Å². The number of hydrogen-bond acceptors (Lipinski definition) is 5. The van der Waals surface area contributed by atoms with Crippen LogP contribution < -0.4 is 0 Å². The lowest BCUT2D eigenvalue weighted by molar-refractivity contribution is -0.175. The molecule has 0 aromatic heterocycles. The molecule has 0 aromatic rings. The van der Waals surface area contributed by atoms with Crippen molar-refractivity contribution in [3.63, 3.8) is 0 Å². The molecule has 6 nitrogen and oxygen atoms in total. The van der Waals surface area contributed by atoms with Gasteiger partial charge in [-0.25, -0.2) is 8.42 Å². The first-order valence-electron chi connectivity index (χ1n) is 10.5. The first-order chi connectivity index (χ1) is 12.8. The van der Waals surface area contributed by atoms with Crippen LogP contribution in [0.2, 0.25) is 0 Å². The van der Waals surface area contributed by atoms with E-state index in [1.54, 1.807) is 4.90 Å². The summed E-state index contributed by atoms with van der Waals surface area (Å²) >= 11 is 0. The topological polar surface area (TPSA) is 80.8 Å². The number of sulfone groups is 1. The number of amides is 1. The average molecular weight is 396 g/mol. The van der Waals surface area contributed by atoms with E-state index < -0.39 is 9.84 Å². The number of carbonyl (C=O) groups excluding carboxylic acids is 2. The zero-order chi connectivity index (χ0) is 18.8. The van der Waals surface area contributed by atoms with Gasteiger partial charge in [0.15, 0.2) is 16.4 Å². The van der Waals surface area contributed by atoms with Crippen molar-refractivity contribution in [1.82, 2.24) is 4.90 Å². The van der Waals surface area contributed by atoms with Gasteiger partial charge in [-0.1, -0.05) is 0 Å². The molecule has 6 aliphatic rings. The predicted molar refractivity (Wildman–Crippen MR) is 98.5 cm³/mol. The largest absolute Gasteiger partial charge is 0.455 e. The van der Waals surface area contributed by atoms with Gasteiger partial charge < -0.3 is 9.64 Å². The second-order valence-electron chi connectivity index (χ2n) is 9.86. The van der Waals surface area contributed by atoms with Gasteiger partial charge in [0.1, 0.15) is 0 Å². The highest BCUT2D eigenvalue weighted by Crippen LogP contribution is 2.60. The Bertz CT molecular complexity index is 721. The zero-order valence-corrected chi connectivity index (χ0v) is 16.6. The maximum absolute atomic E-state index is 12.9. The molecule has 0 unspecified atom stereocenters. The maximum Gasteiger partial charge on any atom is 0.312 e. The number of rotatable bonds is 5. The van der Waals surface area contributed by atoms with Crippen LogP contribution in [0.5, 0.6) is 0 Å². The van der Waals surface area contributed by atoms with E-state index in [1.165, 1.54) is 19.3 Å². The molecule has 1 heterocycles. The van der Waals surface area contributed by atoms with Crippen LogP contribution in [0, 0.1) is 23.2 Å². The standard InChI is InChI=1S/C20H29NO5S/c22-18(21(16-1-2-16)17-3-4-27(24,25)12-17)11-26-19(23)20-8-13-5-14(9-20)7-15(6-13)10-20/h13-17H,1-12H2/t13?,14?,15?,17-,20?/m0/s1. The summed E-state index contributed by atoms with van der Waals surface area (Å²) in [6.07, 6.45) is 8.92. The van der Waals surface area contributed by atoms with Gasteiger partial charge in [0.05, 0.1) is 16.9 Å². The summed E-state index contributed by atoms with van der Waals surface area (Å²) in [5.74, 6) is 1.80. The molecule has 0 spiro atoms. The molecule has 5 saturated carbocycles. The lowest BCUT2D eigenvalue weighted by Gasteiger charge is -2.55. The molecule has 4 bridgehead atoms. The molecule has 7 heteroatoms. The minimum atomic E-state index is -3.04. The highest BCUT2D eigenvalue weighted by molar-refractivity contribution is 7.91. The minimum Gasteiger partial charge on any atom is -0.455 e. The molecule has 0 radical (unpaired) electrons. The SMILES string of the molecule is O=C(COC(=O)C12CC3CC(CC(C3)C1)C2)N(C1CC1)[C@H]1CCS(=O)(=O)C1. The summed E-state index contributed by atoms with van der Waals surface area (Å²) in [5.41, 5.74) is -0.351. The van der Waals surface area contributed by atoms with E-state index in [0.29, 0.717) is 24.2 Å². The third kappa shape index (κ3) is 3.30. The maximum atomic E-state index is 12.9. The molecule has 1 saturated heterocycles. The quantitative estimate of drug-likeness (QED) is 0.665. The molecule has 0 aromatic carbocycles. The number of carbonyl (C=O) groups is 2. The fraction of sp³-hybridized carbons (Fsp3) is 0.900. The Kier molecular flexibility index (Phi) is 4.12. The monoisotopic (exact) mass is 395 g/mol. The van der Waals surface area contributed by atoms with Gasteiger partial charge in [-0.3, -0.25) is 9.59 Å². The van der Waals surface area contributed by atoms with Gasteiger partial charge in [-0.15, -0.1) is 0 Å². The van der Waals surface area contributed by atoms with Gasteiger partial charge in [0.25, 0.3) is 5.91 Å². The van der Waals surface area contributed by atoms with Gasteiger partial charge in [0.2, 0.25) is 0 Å². The van der Waals surface area contributed by atoms with Crippen molar-refractivity contribution in [1.29, 1.82) is 0 Å². The van der Waals surface area contributed by atoms with Crippen molar-refractivity contribution in [3.8, 4) is 0 Å². The highest BCUT2D eigenvalue weighted by atomic mass is 32.2. The fourth-order valence-corrected chi connectivity index (χ4v) is 8.48. The molecule has 1 atom stereocenters. The first-order valence-corrected chi connectivity index (χ1v) is 12.3. The second-order valence-corrected chi connectivity index (χ2v) is 12.1. The summed E-state index contributed by atoms with van der Waals surface area (Å²) in [6, 6.07) is -0.109. The van der Waals surface area contributed by atoms with Crippen molar-refractivity contribution >= 4 is 21.7 Å². The van der Waals surface area contributed by atoms with E-state index in [0.717, 1.165) is 32.1 Å². The Morgan fingerprint density at radius 1 is 0.926 bits per heavy atom. The fourth-order valence-electron chi connectivity index (χ4n) is 6.77. The summed E-state index contributed by atoms with van der Waals surface area (Å²) in [4.78, 5) is 27.5. The van der Waals surface area contributed by atoms with Crippen LogP contribution in [0.3, 0.4) is 0 Å². The van der Waals surface area contributed by atoms with Gasteiger partial charge >= 0.3 is 5.97 Å². The van der Waals surface area contributed by atoms with Crippen LogP contribution in [0.15, 0.2) is 0 Å². The normalized spacial score (nSPS) is 41.5. The third-order valence-corrected chi connectivity index (χ3v) is 9.38. The minimum absolute atomic E-state index is 0.0537. The van der Waals surface area contributed by atoms with Crippen LogP contribution in [-0.4, -0.2) is 55.4 Å². The zero-order valence-electron chi connectivity index (χ0n) is 15.8. The third-order valence-electron chi connectivity index (χ3n) is 7.63. The van der Waals surface area contributed by atoms with E-state index >= 15 is 0 Å². The van der Waals surface area contributed by atoms with Crippen LogP contribution in [0.25, 0.3) is 0 Å².